The first-order valence-corrected chi connectivity index (χ1v) is 17.6. The molecule has 1 aliphatic carbocycles. The second kappa shape index (κ2) is 8.51. The van der Waals surface area contributed by atoms with Crippen LogP contribution in [0.15, 0.2) is 72.8 Å². The molecule has 0 N–H and O–H groups in total. The molecule has 0 amide bonds. The quantitative estimate of drug-likeness (QED) is 0.212. The molecule has 0 fully saturated rings. The standard InChI is InChI=1S/C39H42NOP/c1-37(2,3)39(38(4,5)6)33-29-19-13-21-40-20-12-16-27(35(29)40)23-31(33)36-34(39)30-22-25-14-10-11-15-26(25)24-32(30)42(36,41)28-17-8-7-9-18-28/h7-11,14-15,17-18,22-24H,12-13,16,19-21H2,1-6H3. The number of aryl methyl sites for hydroxylation is 1. The Morgan fingerprint density at radius 3 is 2.02 bits per heavy atom. The minimum atomic E-state index is -3.17. The van der Waals surface area contributed by atoms with Crippen LogP contribution < -0.4 is 15.5 Å². The van der Waals surface area contributed by atoms with E-state index in [9.17, 15) is 0 Å². The van der Waals surface area contributed by atoms with Crippen molar-refractivity contribution in [3.8, 4) is 0 Å². The first-order valence-electron chi connectivity index (χ1n) is 15.9. The monoisotopic (exact) mass is 571 g/mol. The molecule has 1 unspecified atom stereocenters. The van der Waals surface area contributed by atoms with Gasteiger partial charge in [-0.3, -0.25) is 0 Å². The molecular formula is C39H42NOP. The van der Waals surface area contributed by atoms with Crippen LogP contribution in [-0.4, -0.2) is 13.1 Å². The van der Waals surface area contributed by atoms with E-state index >= 15 is 4.57 Å². The molecule has 0 bridgehead atoms. The Labute approximate surface area is 251 Å². The maximum absolute atomic E-state index is 16.4. The van der Waals surface area contributed by atoms with Crippen LogP contribution >= 0.6 is 7.14 Å². The van der Waals surface area contributed by atoms with E-state index in [-0.39, 0.29) is 16.2 Å². The van der Waals surface area contributed by atoms with Crippen LogP contribution in [0.3, 0.4) is 0 Å². The summed E-state index contributed by atoms with van der Waals surface area (Å²) in [6.45, 7) is 17.0. The molecule has 0 spiro atoms. The zero-order chi connectivity index (χ0) is 29.2. The summed E-state index contributed by atoms with van der Waals surface area (Å²) in [6.07, 6.45) is 4.61. The van der Waals surface area contributed by atoms with Crippen LogP contribution in [-0.2, 0) is 22.8 Å². The third kappa shape index (κ3) is 3.10. The fourth-order valence-corrected chi connectivity index (χ4v) is 13.2. The number of benzene rings is 4. The van der Waals surface area contributed by atoms with Crippen molar-refractivity contribution in [3.63, 3.8) is 0 Å². The van der Waals surface area contributed by atoms with E-state index in [1.807, 2.05) is 0 Å². The molecule has 1 atom stereocenters. The highest BCUT2D eigenvalue weighted by Crippen LogP contribution is 2.78. The van der Waals surface area contributed by atoms with Crippen LogP contribution in [0.2, 0.25) is 0 Å². The maximum Gasteiger partial charge on any atom is 0.172 e. The van der Waals surface area contributed by atoms with Gasteiger partial charge in [0.1, 0.15) is 0 Å². The number of fused-ring (bicyclic) bond motifs is 6. The van der Waals surface area contributed by atoms with E-state index in [1.54, 1.807) is 5.56 Å². The normalized spacial score (nSPS) is 22.2. The minimum Gasteiger partial charge on any atom is -0.371 e. The number of rotatable bonds is 1. The van der Waals surface area contributed by atoms with Crippen molar-refractivity contribution in [3.05, 3.63) is 101 Å². The Morgan fingerprint density at radius 1 is 0.738 bits per heavy atom. The second-order valence-corrected chi connectivity index (χ2v) is 17.8. The van der Waals surface area contributed by atoms with Crippen molar-refractivity contribution in [2.45, 2.75) is 72.6 Å². The van der Waals surface area contributed by atoms with Gasteiger partial charge < -0.3 is 9.46 Å². The highest BCUT2D eigenvalue weighted by molar-refractivity contribution is 7.88. The van der Waals surface area contributed by atoms with E-state index in [0.29, 0.717) is 0 Å². The summed E-state index contributed by atoms with van der Waals surface area (Å²) in [4.78, 5) is 2.68. The Kier molecular flexibility index (Phi) is 5.37. The highest BCUT2D eigenvalue weighted by atomic mass is 31.2. The second-order valence-electron chi connectivity index (χ2n) is 15.1. The van der Waals surface area contributed by atoms with Crippen LogP contribution in [0, 0.1) is 10.8 Å². The first kappa shape index (κ1) is 26.5. The first-order chi connectivity index (χ1) is 20.0. The summed E-state index contributed by atoms with van der Waals surface area (Å²) in [5.41, 5.74) is 9.34. The van der Waals surface area contributed by atoms with Crippen molar-refractivity contribution in [2.24, 2.45) is 10.8 Å². The number of allylic oxidation sites excluding steroid dienone is 1. The Hall–Kier alpha value is -3.09. The van der Waals surface area contributed by atoms with Gasteiger partial charge in [0.05, 0.1) is 0 Å². The lowest BCUT2D eigenvalue weighted by Gasteiger charge is -2.55. The van der Waals surface area contributed by atoms with Crippen LogP contribution in [0.5, 0.6) is 0 Å². The van der Waals surface area contributed by atoms with E-state index in [4.69, 9.17) is 0 Å². The van der Waals surface area contributed by atoms with E-state index < -0.39 is 7.14 Å². The topological polar surface area (TPSA) is 20.3 Å². The van der Waals surface area contributed by atoms with Gasteiger partial charge in [-0.15, -0.1) is 0 Å². The van der Waals surface area contributed by atoms with Gasteiger partial charge in [0.2, 0.25) is 0 Å². The predicted octanol–water partition coefficient (Wildman–Crippen LogP) is 9.08. The largest absolute Gasteiger partial charge is 0.371 e. The fraction of sp³-hybridized carbons (Fsp3) is 0.385. The van der Waals surface area contributed by atoms with Crippen molar-refractivity contribution in [1.29, 1.82) is 0 Å². The van der Waals surface area contributed by atoms with Gasteiger partial charge in [-0.2, -0.15) is 0 Å². The van der Waals surface area contributed by atoms with Gasteiger partial charge in [0.25, 0.3) is 0 Å². The van der Waals surface area contributed by atoms with Crippen molar-refractivity contribution in [1.82, 2.24) is 0 Å². The maximum atomic E-state index is 16.4. The Balaban J connectivity index is 1.61. The minimum absolute atomic E-state index is 0.118. The average molecular weight is 572 g/mol. The molecule has 0 radical (unpaired) electrons. The molecule has 2 nitrogen and oxygen atoms in total. The van der Waals surface area contributed by atoms with Crippen molar-refractivity contribution < 1.29 is 4.57 Å². The third-order valence-corrected chi connectivity index (χ3v) is 14.1. The summed E-state index contributed by atoms with van der Waals surface area (Å²) < 4.78 is 16.4. The third-order valence-electron chi connectivity index (χ3n) is 10.9. The summed E-state index contributed by atoms with van der Waals surface area (Å²) in [6, 6.07) is 26.2. The van der Waals surface area contributed by atoms with Crippen molar-refractivity contribution in [2.75, 3.05) is 18.0 Å². The zero-order valence-corrected chi connectivity index (χ0v) is 26.9. The molecular weight excluding hydrogens is 529 g/mol. The molecule has 3 heterocycles. The van der Waals surface area contributed by atoms with E-state index in [2.05, 4.69) is 119 Å². The molecule has 3 heteroatoms. The fourth-order valence-electron chi connectivity index (χ4n) is 9.91. The Bertz CT molecular complexity index is 1870. The predicted molar refractivity (Wildman–Crippen MR) is 180 cm³/mol. The molecule has 0 saturated carbocycles. The lowest BCUT2D eigenvalue weighted by Crippen LogP contribution is -2.51. The van der Waals surface area contributed by atoms with Crippen molar-refractivity contribution >= 4 is 45.1 Å². The summed E-state index contributed by atoms with van der Waals surface area (Å²) in [7, 11) is -3.17. The molecule has 3 aliphatic heterocycles. The SMILES string of the molecule is CC(C)(C)C1(C(C)(C)C)C2=C(c3cc4c5c(c31)CCCN5CCC4)P(=O)(c1ccccc1)c1cc3ccccc3cc12. The number of anilines is 1. The van der Waals surface area contributed by atoms with Crippen LogP contribution in [0.25, 0.3) is 21.7 Å². The van der Waals surface area contributed by atoms with E-state index in [0.717, 1.165) is 41.9 Å². The molecule has 4 aromatic rings. The van der Waals surface area contributed by atoms with Crippen LogP contribution in [0.4, 0.5) is 5.69 Å². The van der Waals surface area contributed by atoms with Gasteiger partial charge in [0, 0.05) is 40.1 Å². The van der Waals surface area contributed by atoms with Gasteiger partial charge in [0.15, 0.2) is 7.14 Å². The number of hydrogen-bond acceptors (Lipinski definition) is 2. The molecule has 0 saturated heterocycles. The summed E-state index contributed by atoms with van der Waals surface area (Å²) in [5, 5.41) is 5.53. The average Bonchev–Trinajstić information content (AvgIpc) is 3.42. The lowest BCUT2D eigenvalue weighted by molar-refractivity contribution is 0.110. The molecule has 214 valence electrons. The smallest absolute Gasteiger partial charge is 0.172 e. The molecule has 4 aliphatic rings. The Morgan fingerprint density at radius 2 is 1.36 bits per heavy atom. The van der Waals surface area contributed by atoms with E-state index in [1.165, 1.54) is 57.1 Å². The highest BCUT2D eigenvalue weighted by Gasteiger charge is 2.65. The zero-order valence-electron chi connectivity index (χ0n) is 26.0. The van der Waals surface area contributed by atoms with Crippen LogP contribution in [0.1, 0.15) is 82.2 Å². The van der Waals surface area contributed by atoms with Gasteiger partial charge in [-0.05, 0) is 98.9 Å². The number of nitrogens with zero attached hydrogens (tertiary/aromatic N) is 1. The lowest BCUT2D eigenvalue weighted by atomic mass is 9.48. The molecule has 42 heavy (non-hydrogen) atoms. The number of hydrogen-bond donors (Lipinski definition) is 0. The molecule has 8 rings (SSSR count). The summed E-state index contributed by atoms with van der Waals surface area (Å²) >= 11 is 0. The molecule has 4 aromatic carbocycles. The van der Waals surface area contributed by atoms with Gasteiger partial charge in [-0.25, -0.2) is 0 Å². The molecule has 0 aromatic heterocycles. The summed E-state index contributed by atoms with van der Waals surface area (Å²) in [5.74, 6) is 0. The van der Waals surface area contributed by atoms with Gasteiger partial charge in [-0.1, -0.05) is 96.1 Å². The van der Waals surface area contributed by atoms with Gasteiger partial charge >= 0.3 is 0 Å².